The Labute approximate surface area is 113 Å². The van der Waals surface area contributed by atoms with Gasteiger partial charge >= 0.3 is 0 Å². The Bertz CT molecular complexity index is 208. The minimum absolute atomic E-state index is 0.501. The fraction of sp³-hybridized carbons (Fsp3) is 0.824. The first-order valence-corrected chi connectivity index (χ1v) is 8.06. The van der Waals surface area contributed by atoms with Crippen LogP contribution in [0, 0.1) is 0 Å². The summed E-state index contributed by atoms with van der Waals surface area (Å²) >= 11 is 0. The van der Waals surface area contributed by atoms with Gasteiger partial charge in [0, 0.05) is 12.8 Å². The molecule has 0 bridgehead atoms. The normalized spacial score (nSPS) is 22.6. The van der Waals surface area contributed by atoms with Crippen LogP contribution in [0.2, 0.25) is 0 Å². The van der Waals surface area contributed by atoms with E-state index < -0.39 is 0 Å². The van der Waals surface area contributed by atoms with E-state index in [9.17, 15) is 4.79 Å². The number of hydrogen-bond donors (Lipinski definition) is 0. The molecule has 1 heteroatoms. The fourth-order valence-electron chi connectivity index (χ4n) is 2.59. The number of hydrogen-bond acceptors (Lipinski definition) is 1. The van der Waals surface area contributed by atoms with Gasteiger partial charge in [0.15, 0.2) is 0 Å². The summed E-state index contributed by atoms with van der Waals surface area (Å²) in [4.78, 5) is 11.6. The lowest BCUT2D eigenvalue weighted by Crippen LogP contribution is -1.97. The van der Waals surface area contributed by atoms with Crippen LogP contribution in [-0.4, -0.2) is 5.78 Å². The Kier molecular flexibility index (Phi) is 9.88. The molecule has 1 aliphatic carbocycles. The lowest BCUT2D eigenvalue weighted by Gasteiger charge is -2.02. The zero-order chi connectivity index (χ0) is 12.9. The topological polar surface area (TPSA) is 17.1 Å². The van der Waals surface area contributed by atoms with Gasteiger partial charge in [0.25, 0.3) is 0 Å². The van der Waals surface area contributed by atoms with Crippen LogP contribution in [0.1, 0.15) is 89.9 Å². The quantitative estimate of drug-likeness (QED) is 0.512. The summed E-state index contributed by atoms with van der Waals surface area (Å²) in [5.74, 6) is 0.501. The Morgan fingerprint density at radius 3 is 1.44 bits per heavy atom. The summed E-state index contributed by atoms with van der Waals surface area (Å²) in [6.07, 6.45) is 21.5. The third-order valence-corrected chi connectivity index (χ3v) is 3.82. The van der Waals surface area contributed by atoms with Gasteiger partial charge in [-0.15, -0.1) is 0 Å². The summed E-state index contributed by atoms with van der Waals surface area (Å²) in [6, 6.07) is 0. The molecular formula is C17H30O. The summed E-state index contributed by atoms with van der Waals surface area (Å²) in [6.45, 7) is 0. The van der Waals surface area contributed by atoms with Crippen molar-refractivity contribution in [3.63, 3.8) is 0 Å². The van der Waals surface area contributed by atoms with E-state index in [4.69, 9.17) is 0 Å². The highest BCUT2D eigenvalue weighted by Crippen LogP contribution is 2.12. The van der Waals surface area contributed by atoms with Crippen molar-refractivity contribution in [1.82, 2.24) is 0 Å². The standard InChI is InChI=1S/C17H30O/c18-17-15-13-11-9-7-5-3-1-2-4-6-8-10-12-14-16-17/h1-2H,3-16H2. The fourth-order valence-corrected chi connectivity index (χ4v) is 2.59. The molecule has 0 fully saturated rings. The van der Waals surface area contributed by atoms with E-state index in [0.717, 1.165) is 25.7 Å². The van der Waals surface area contributed by atoms with Crippen LogP contribution in [0.4, 0.5) is 0 Å². The van der Waals surface area contributed by atoms with Gasteiger partial charge in [-0.1, -0.05) is 50.7 Å². The van der Waals surface area contributed by atoms with Crippen molar-refractivity contribution >= 4 is 5.78 Å². The molecule has 104 valence electrons. The van der Waals surface area contributed by atoms with Crippen LogP contribution in [0.5, 0.6) is 0 Å². The smallest absolute Gasteiger partial charge is 0.132 e. The molecule has 0 spiro atoms. The first-order valence-electron chi connectivity index (χ1n) is 8.06. The number of carbonyl (C=O) groups excluding carboxylic acids is 1. The van der Waals surface area contributed by atoms with Gasteiger partial charge in [-0.2, -0.15) is 0 Å². The Hall–Kier alpha value is -0.590. The second-order valence-electron chi connectivity index (χ2n) is 5.62. The average Bonchev–Trinajstić information content (AvgIpc) is 2.37. The van der Waals surface area contributed by atoms with Crippen LogP contribution in [-0.2, 0) is 4.79 Å². The van der Waals surface area contributed by atoms with Gasteiger partial charge in [-0.25, -0.2) is 0 Å². The third-order valence-electron chi connectivity index (χ3n) is 3.82. The SMILES string of the molecule is O=C1CCCCCCCC=CCCCCCCC1. The van der Waals surface area contributed by atoms with Crippen molar-refractivity contribution in [3.05, 3.63) is 12.2 Å². The monoisotopic (exact) mass is 250 g/mol. The molecule has 0 heterocycles. The maximum Gasteiger partial charge on any atom is 0.132 e. The molecule has 1 rings (SSSR count). The van der Waals surface area contributed by atoms with E-state index in [0.29, 0.717) is 5.78 Å². The van der Waals surface area contributed by atoms with E-state index in [1.54, 1.807) is 0 Å². The van der Waals surface area contributed by atoms with Crippen molar-refractivity contribution in [2.45, 2.75) is 89.9 Å². The van der Waals surface area contributed by atoms with Gasteiger partial charge in [0.1, 0.15) is 5.78 Å². The number of carbonyl (C=O) groups is 1. The molecule has 0 radical (unpaired) electrons. The molecule has 0 aromatic heterocycles. The van der Waals surface area contributed by atoms with Crippen molar-refractivity contribution in [2.24, 2.45) is 0 Å². The Balaban J connectivity index is 2.17. The van der Waals surface area contributed by atoms with Gasteiger partial charge in [0.2, 0.25) is 0 Å². The second-order valence-corrected chi connectivity index (χ2v) is 5.62. The number of Topliss-reactive ketones (excluding diaryl/α,β-unsaturated/α-hetero) is 1. The minimum atomic E-state index is 0.501. The molecule has 0 atom stereocenters. The number of rotatable bonds is 0. The molecule has 1 nitrogen and oxygen atoms in total. The van der Waals surface area contributed by atoms with E-state index in [1.165, 1.54) is 64.2 Å². The molecular weight excluding hydrogens is 220 g/mol. The lowest BCUT2D eigenvalue weighted by molar-refractivity contribution is -0.119. The zero-order valence-corrected chi connectivity index (χ0v) is 12.0. The molecule has 0 amide bonds. The third kappa shape index (κ3) is 9.44. The van der Waals surface area contributed by atoms with Crippen LogP contribution in [0.3, 0.4) is 0 Å². The van der Waals surface area contributed by atoms with Crippen molar-refractivity contribution in [2.75, 3.05) is 0 Å². The van der Waals surface area contributed by atoms with Crippen molar-refractivity contribution < 1.29 is 4.79 Å². The van der Waals surface area contributed by atoms with E-state index in [-0.39, 0.29) is 0 Å². The van der Waals surface area contributed by atoms with E-state index in [1.807, 2.05) is 0 Å². The molecule has 0 aromatic rings. The van der Waals surface area contributed by atoms with Crippen molar-refractivity contribution in [3.8, 4) is 0 Å². The molecule has 0 N–H and O–H groups in total. The van der Waals surface area contributed by atoms with Gasteiger partial charge < -0.3 is 0 Å². The van der Waals surface area contributed by atoms with E-state index >= 15 is 0 Å². The molecule has 0 unspecified atom stereocenters. The van der Waals surface area contributed by atoms with E-state index in [2.05, 4.69) is 12.2 Å². The molecule has 0 aromatic carbocycles. The van der Waals surface area contributed by atoms with Crippen LogP contribution in [0.25, 0.3) is 0 Å². The molecule has 1 aliphatic rings. The summed E-state index contributed by atoms with van der Waals surface area (Å²) in [5.41, 5.74) is 0. The van der Waals surface area contributed by atoms with Crippen LogP contribution < -0.4 is 0 Å². The highest BCUT2D eigenvalue weighted by atomic mass is 16.1. The highest BCUT2D eigenvalue weighted by Gasteiger charge is 2.01. The second kappa shape index (κ2) is 11.5. The van der Waals surface area contributed by atoms with Crippen LogP contribution in [0.15, 0.2) is 12.2 Å². The summed E-state index contributed by atoms with van der Waals surface area (Å²) in [5, 5.41) is 0. The summed E-state index contributed by atoms with van der Waals surface area (Å²) in [7, 11) is 0. The Morgan fingerprint density at radius 2 is 0.944 bits per heavy atom. The number of ketones is 1. The largest absolute Gasteiger partial charge is 0.300 e. The average molecular weight is 250 g/mol. The maximum atomic E-state index is 11.6. The maximum absolute atomic E-state index is 11.6. The van der Waals surface area contributed by atoms with Gasteiger partial charge in [-0.05, 0) is 38.5 Å². The van der Waals surface area contributed by atoms with Crippen LogP contribution >= 0.6 is 0 Å². The van der Waals surface area contributed by atoms with Gasteiger partial charge in [0.05, 0.1) is 0 Å². The van der Waals surface area contributed by atoms with Crippen molar-refractivity contribution in [1.29, 1.82) is 0 Å². The first-order chi connectivity index (χ1) is 8.89. The zero-order valence-electron chi connectivity index (χ0n) is 12.0. The predicted octanol–water partition coefficient (Wildman–Crippen LogP) is 5.59. The Morgan fingerprint density at radius 1 is 0.556 bits per heavy atom. The molecule has 0 saturated carbocycles. The van der Waals surface area contributed by atoms with Gasteiger partial charge in [-0.3, -0.25) is 4.79 Å². The molecule has 0 aliphatic heterocycles. The highest BCUT2D eigenvalue weighted by molar-refractivity contribution is 5.78. The molecule has 0 saturated heterocycles. The predicted molar refractivity (Wildman–Crippen MR) is 78.8 cm³/mol. The molecule has 18 heavy (non-hydrogen) atoms. The lowest BCUT2D eigenvalue weighted by atomic mass is 10.0. The number of allylic oxidation sites excluding steroid dienone is 2. The minimum Gasteiger partial charge on any atom is -0.300 e. The summed E-state index contributed by atoms with van der Waals surface area (Å²) < 4.78 is 0. The first kappa shape index (κ1) is 15.5.